The summed E-state index contributed by atoms with van der Waals surface area (Å²) >= 11 is 0. The number of halogens is 4. The van der Waals surface area contributed by atoms with Gasteiger partial charge >= 0.3 is 6.18 Å². The van der Waals surface area contributed by atoms with Gasteiger partial charge in [-0.25, -0.2) is 9.07 Å². The zero-order valence-corrected chi connectivity index (χ0v) is 25.1. The highest BCUT2D eigenvalue weighted by molar-refractivity contribution is 5.95. The molecule has 0 bridgehead atoms. The quantitative estimate of drug-likeness (QED) is 0.181. The lowest BCUT2D eigenvalue weighted by atomic mass is 9.72. The molecule has 44 heavy (non-hydrogen) atoms. The Labute approximate surface area is 253 Å². The van der Waals surface area contributed by atoms with Crippen LogP contribution in [0.5, 0.6) is 0 Å². The average molecular weight is 613 g/mol. The van der Waals surface area contributed by atoms with Crippen LogP contribution < -0.4 is 11.1 Å². The number of carbonyl (C=O) groups is 2. The van der Waals surface area contributed by atoms with Crippen molar-refractivity contribution >= 4 is 22.7 Å². The molecule has 2 amide bonds. The Morgan fingerprint density at radius 2 is 1.77 bits per heavy atom. The predicted octanol–water partition coefficient (Wildman–Crippen LogP) is 5.98. The SMILES string of the molecule is Cc1cc(CCC(O)(CC(C)(C)c2cc(F)ccc2C)C(F)(F)F)c2cnn(-c3cccc(C(=O)NCCC(N)=O)c3)c2c1. The maximum Gasteiger partial charge on any atom is 0.417 e. The van der Waals surface area contributed by atoms with Crippen molar-refractivity contribution in [2.75, 3.05) is 6.54 Å². The first-order valence-electron chi connectivity index (χ1n) is 14.2. The van der Waals surface area contributed by atoms with E-state index in [9.17, 15) is 32.3 Å². The van der Waals surface area contributed by atoms with E-state index in [4.69, 9.17) is 5.73 Å². The molecule has 0 aliphatic rings. The molecule has 0 saturated heterocycles. The van der Waals surface area contributed by atoms with Crippen molar-refractivity contribution in [2.45, 2.75) is 70.6 Å². The van der Waals surface area contributed by atoms with E-state index in [-0.39, 0.29) is 19.4 Å². The van der Waals surface area contributed by atoms with Crippen LogP contribution in [0, 0.1) is 19.7 Å². The van der Waals surface area contributed by atoms with Gasteiger partial charge in [0.25, 0.3) is 5.91 Å². The summed E-state index contributed by atoms with van der Waals surface area (Å²) in [5.41, 5.74) is 4.81. The van der Waals surface area contributed by atoms with E-state index in [1.54, 1.807) is 62.0 Å². The molecule has 1 atom stereocenters. The Balaban J connectivity index is 1.63. The molecule has 4 rings (SSSR count). The minimum atomic E-state index is -4.93. The van der Waals surface area contributed by atoms with Crippen LogP contribution in [0.1, 0.15) is 65.7 Å². The van der Waals surface area contributed by atoms with Crippen molar-refractivity contribution in [1.82, 2.24) is 15.1 Å². The molecule has 0 aliphatic carbocycles. The second-order valence-electron chi connectivity index (χ2n) is 12.0. The molecule has 0 spiro atoms. The van der Waals surface area contributed by atoms with Crippen LogP contribution >= 0.6 is 0 Å². The van der Waals surface area contributed by atoms with Gasteiger partial charge in [-0.15, -0.1) is 0 Å². The molecule has 11 heteroatoms. The molecule has 0 aliphatic heterocycles. The highest BCUT2D eigenvalue weighted by Gasteiger charge is 2.55. The first-order valence-corrected chi connectivity index (χ1v) is 14.2. The number of aromatic nitrogens is 2. The maximum absolute atomic E-state index is 14.5. The lowest BCUT2D eigenvalue weighted by Gasteiger charge is -2.38. The van der Waals surface area contributed by atoms with Gasteiger partial charge in [-0.05, 0) is 97.2 Å². The summed E-state index contributed by atoms with van der Waals surface area (Å²) in [6.45, 7) is 6.76. The van der Waals surface area contributed by atoms with Crippen molar-refractivity contribution in [2.24, 2.45) is 5.73 Å². The number of hydrogen-bond acceptors (Lipinski definition) is 4. The van der Waals surface area contributed by atoms with Crippen molar-refractivity contribution < 1.29 is 32.3 Å². The summed E-state index contributed by atoms with van der Waals surface area (Å²) in [5.74, 6) is -1.49. The number of rotatable bonds is 11. The second-order valence-corrected chi connectivity index (χ2v) is 12.0. The van der Waals surface area contributed by atoms with Crippen LogP contribution in [0.3, 0.4) is 0 Å². The van der Waals surface area contributed by atoms with Crippen molar-refractivity contribution in [3.05, 3.63) is 94.4 Å². The Hall–Kier alpha value is -4.25. The maximum atomic E-state index is 14.5. The van der Waals surface area contributed by atoms with Crippen LogP contribution in [0.2, 0.25) is 0 Å². The number of nitrogens with zero attached hydrogens (tertiary/aromatic N) is 2. The molecule has 4 N–H and O–H groups in total. The van der Waals surface area contributed by atoms with Crippen LogP contribution in [-0.2, 0) is 16.6 Å². The van der Waals surface area contributed by atoms with E-state index in [0.717, 1.165) is 5.56 Å². The number of hydrogen-bond donors (Lipinski definition) is 3. The number of primary amides is 1. The smallest absolute Gasteiger partial charge is 0.380 e. The van der Waals surface area contributed by atoms with Crippen molar-refractivity contribution in [1.29, 1.82) is 0 Å². The standard InChI is InChI=1S/C33H36F4N4O3/c1-20-14-22(10-12-32(44,33(35,36)37)19-31(3,4)27-17-24(34)9-8-21(27)2)26-18-40-41(28(26)15-20)25-7-5-6-23(16-25)30(43)39-13-11-29(38)42/h5-9,14-18,44H,10-13,19H2,1-4H3,(H2,38,42)(H,39,43). The first-order chi connectivity index (χ1) is 20.5. The Kier molecular flexibility index (Phi) is 9.20. The fourth-order valence-corrected chi connectivity index (χ4v) is 5.77. The monoisotopic (exact) mass is 612 g/mol. The van der Waals surface area contributed by atoms with E-state index in [2.05, 4.69) is 10.4 Å². The Morgan fingerprint density at radius 1 is 1.05 bits per heavy atom. The van der Waals surface area contributed by atoms with E-state index in [1.165, 1.54) is 18.2 Å². The summed E-state index contributed by atoms with van der Waals surface area (Å²) in [4.78, 5) is 23.6. The predicted molar refractivity (Wildman–Crippen MR) is 160 cm³/mol. The number of aryl methyl sites for hydroxylation is 3. The molecule has 0 fully saturated rings. The third kappa shape index (κ3) is 7.10. The number of benzene rings is 3. The van der Waals surface area contributed by atoms with Gasteiger partial charge in [-0.2, -0.15) is 18.3 Å². The summed E-state index contributed by atoms with van der Waals surface area (Å²) in [7, 11) is 0. The number of amides is 2. The lowest BCUT2D eigenvalue weighted by molar-refractivity contribution is -0.269. The molecule has 1 unspecified atom stereocenters. The van der Waals surface area contributed by atoms with Crippen LogP contribution in [-0.4, -0.2) is 45.0 Å². The van der Waals surface area contributed by atoms with Gasteiger partial charge in [0, 0.05) is 23.9 Å². The van der Waals surface area contributed by atoms with Crippen LogP contribution in [0.15, 0.2) is 60.8 Å². The second kappa shape index (κ2) is 12.4. The van der Waals surface area contributed by atoms with Gasteiger partial charge in [0.05, 0.1) is 17.4 Å². The topological polar surface area (TPSA) is 110 Å². The summed E-state index contributed by atoms with van der Waals surface area (Å²) < 4.78 is 59.1. The molecule has 4 aromatic rings. The first kappa shape index (κ1) is 32.7. The number of nitrogens with two attached hydrogens (primary N) is 1. The molecule has 0 radical (unpaired) electrons. The van der Waals surface area contributed by atoms with E-state index < -0.39 is 47.7 Å². The molecule has 7 nitrogen and oxygen atoms in total. The molecular weight excluding hydrogens is 576 g/mol. The van der Waals surface area contributed by atoms with E-state index in [0.29, 0.717) is 38.8 Å². The van der Waals surface area contributed by atoms with Gasteiger partial charge in [0.1, 0.15) is 5.82 Å². The molecule has 1 heterocycles. The minimum absolute atomic E-state index is 0.00266. The number of fused-ring (bicyclic) bond motifs is 1. The average Bonchev–Trinajstić information content (AvgIpc) is 3.36. The Bertz CT molecular complexity index is 1700. The normalized spacial score (nSPS) is 13.6. The largest absolute Gasteiger partial charge is 0.417 e. The minimum Gasteiger partial charge on any atom is -0.380 e. The third-order valence-corrected chi connectivity index (χ3v) is 7.93. The molecule has 0 saturated carbocycles. The number of carbonyl (C=O) groups excluding carboxylic acids is 2. The third-order valence-electron chi connectivity index (χ3n) is 7.93. The van der Waals surface area contributed by atoms with E-state index >= 15 is 0 Å². The molecule has 3 aromatic carbocycles. The number of nitrogens with one attached hydrogen (secondary N) is 1. The number of alkyl halides is 3. The van der Waals surface area contributed by atoms with Crippen LogP contribution in [0.4, 0.5) is 17.6 Å². The Morgan fingerprint density at radius 3 is 2.45 bits per heavy atom. The molecule has 234 valence electrons. The fourth-order valence-electron chi connectivity index (χ4n) is 5.77. The number of aliphatic hydroxyl groups is 1. The highest BCUT2D eigenvalue weighted by Crippen LogP contribution is 2.44. The molecular formula is C33H36F4N4O3. The summed E-state index contributed by atoms with van der Waals surface area (Å²) in [5, 5.41) is 18.9. The van der Waals surface area contributed by atoms with E-state index in [1.807, 2.05) is 13.0 Å². The van der Waals surface area contributed by atoms with Crippen LogP contribution in [0.25, 0.3) is 16.6 Å². The van der Waals surface area contributed by atoms with Gasteiger partial charge in [-0.3, -0.25) is 9.59 Å². The zero-order valence-electron chi connectivity index (χ0n) is 25.1. The summed E-state index contributed by atoms with van der Waals surface area (Å²) in [6.07, 6.45) is -4.74. The fraction of sp³-hybridized carbons (Fsp3) is 0.364. The van der Waals surface area contributed by atoms with Gasteiger partial charge in [0.15, 0.2) is 5.60 Å². The van der Waals surface area contributed by atoms with Gasteiger partial charge in [-0.1, -0.05) is 32.0 Å². The highest BCUT2D eigenvalue weighted by atomic mass is 19.4. The lowest BCUT2D eigenvalue weighted by Crippen LogP contribution is -2.49. The zero-order chi connectivity index (χ0) is 32.4. The van der Waals surface area contributed by atoms with Gasteiger partial charge in [0.2, 0.25) is 5.91 Å². The van der Waals surface area contributed by atoms with Crippen molar-refractivity contribution in [3.8, 4) is 5.69 Å². The summed E-state index contributed by atoms with van der Waals surface area (Å²) in [6, 6.07) is 14.3. The van der Waals surface area contributed by atoms with Crippen molar-refractivity contribution in [3.63, 3.8) is 0 Å². The van der Waals surface area contributed by atoms with Gasteiger partial charge < -0.3 is 16.2 Å². The molecule has 1 aromatic heterocycles.